The van der Waals surface area contributed by atoms with Crippen molar-refractivity contribution in [3.8, 4) is 12.8 Å². The first-order valence-electron chi connectivity index (χ1n) is 12.0. The number of rotatable bonds is 11. The largest absolute Gasteiger partial charge is 1.00 e. The van der Waals surface area contributed by atoms with Gasteiger partial charge in [-0.15, -0.1) is 25.6 Å². The number of likely N-dealkylation sites (tertiary alicyclic amines) is 1. The molecule has 1 saturated heterocycles. The van der Waals surface area contributed by atoms with E-state index in [1.165, 1.54) is 55.4 Å². The number of terminal acetylenes is 1. The minimum atomic E-state index is 0. The van der Waals surface area contributed by atoms with Crippen LogP contribution in [0.3, 0.4) is 0 Å². The summed E-state index contributed by atoms with van der Waals surface area (Å²) < 4.78 is 0. The summed E-state index contributed by atoms with van der Waals surface area (Å²) in [7, 11) is 2.21. The monoisotopic (exact) mass is 458 g/mol. The second-order valence-electron chi connectivity index (χ2n) is 8.90. The van der Waals surface area contributed by atoms with Crippen molar-refractivity contribution in [2.75, 3.05) is 20.1 Å². The molecule has 0 aromatic heterocycles. The van der Waals surface area contributed by atoms with E-state index < -0.39 is 0 Å². The summed E-state index contributed by atoms with van der Waals surface area (Å²) in [5, 5.41) is 8.79. The van der Waals surface area contributed by atoms with Crippen LogP contribution in [0.15, 0.2) is 39.4 Å². The van der Waals surface area contributed by atoms with Gasteiger partial charge in [-0.25, -0.2) is 0 Å². The number of nitrogens with zero attached hydrogens (tertiary/aromatic N) is 3. The van der Waals surface area contributed by atoms with Gasteiger partial charge in [0.05, 0.1) is 12.3 Å². The first-order chi connectivity index (χ1) is 15.5. The molecule has 0 radical (unpaired) electrons. The molecule has 2 rings (SSSR count). The van der Waals surface area contributed by atoms with Crippen LogP contribution in [0, 0.1) is 30.4 Å². The van der Waals surface area contributed by atoms with Crippen LogP contribution in [-0.2, 0) is 0 Å². The molecule has 5 heteroatoms. The van der Waals surface area contributed by atoms with Crippen molar-refractivity contribution in [2.45, 2.75) is 84.1 Å². The first kappa shape index (κ1) is 31.8. The van der Waals surface area contributed by atoms with Crippen LogP contribution in [0.4, 0.5) is 0 Å². The summed E-state index contributed by atoms with van der Waals surface area (Å²) in [4.78, 5) is 11.0. The van der Waals surface area contributed by atoms with Crippen LogP contribution in [0.5, 0.6) is 0 Å². The Kier molecular flexibility index (Phi) is 17.4. The summed E-state index contributed by atoms with van der Waals surface area (Å²) in [5.74, 6) is 0.445. The molecule has 0 amide bonds. The van der Waals surface area contributed by atoms with Crippen molar-refractivity contribution in [1.82, 2.24) is 4.90 Å². The van der Waals surface area contributed by atoms with E-state index in [1.54, 1.807) is 0 Å². The number of aliphatic imine (C=N–C) groups is 2. The van der Waals surface area contributed by atoms with E-state index in [0.717, 1.165) is 37.8 Å². The number of allylic oxidation sites excluding steroid dienone is 3. The summed E-state index contributed by atoms with van der Waals surface area (Å²) in [5.41, 5.74) is 5.52. The fourth-order valence-corrected chi connectivity index (χ4v) is 4.90. The van der Waals surface area contributed by atoms with Gasteiger partial charge in [-0.2, -0.15) is 0 Å². The zero-order valence-electron chi connectivity index (χ0n) is 21.6. The average molecular weight is 459 g/mol. The molecule has 2 atom stereocenters. The topological polar surface area (TPSA) is 51.8 Å². The maximum atomic E-state index is 8.79. The molecular weight excluding hydrogens is 415 g/mol. The third kappa shape index (κ3) is 10.7. The molecule has 0 unspecified atom stereocenters. The fraction of sp³-hybridized carbons (Fsp3) is 0.607. The zero-order chi connectivity index (χ0) is 23.9. The molecule has 4 nitrogen and oxygen atoms in total. The standard InChI is InChI=1S/C26H41N4.C2H2.Na/c1-6-10-25(21(3)24-13-8-7-11-20(24)2)26(27)19-29-22(16-17-28-4)14-15-23-12-9-18-30(23)5;1-2;/h16,23-24,27H,2,4,6-15,18-19H2,1,3,5H3;1-2H;/q-1;;+1/b25-21+,27-26?,29-22?;;/t23-,24-;;/m0../s1. The fourth-order valence-electron chi connectivity index (χ4n) is 4.90. The van der Waals surface area contributed by atoms with Crippen molar-refractivity contribution < 1.29 is 29.6 Å². The molecule has 0 spiro atoms. The van der Waals surface area contributed by atoms with E-state index in [0.29, 0.717) is 24.2 Å². The maximum absolute atomic E-state index is 8.79. The van der Waals surface area contributed by atoms with Gasteiger partial charge in [0.25, 0.3) is 0 Å². The third-order valence-electron chi connectivity index (χ3n) is 6.76. The van der Waals surface area contributed by atoms with E-state index >= 15 is 0 Å². The quantitative estimate of drug-likeness (QED) is 0.167. The molecule has 0 bridgehead atoms. The SMILES string of the molecule is C#C.C=N[C-]=CC(CC[C@@H]1CCCN1C)=NCC(=N)/C(CCC)=C(\C)[C@H]1CCCCC1=C.[Na+]. The van der Waals surface area contributed by atoms with Gasteiger partial charge in [-0.3, -0.25) is 0 Å². The molecule has 1 saturated carbocycles. The minimum Gasteiger partial charge on any atom is -0.401 e. The van der Waals surface area contributed by atoms with Crippen molar-refractivity contribution >= 4 is 18.1 Å². The first-order valence-corrected chi connectivity index (χ1v) is 12.0. The third-order valence-corrected chi connectivity index (χ3v) is 6.76. The van der Waals surface area contributed by atoms with Crippen LogP contribution >= 0.6 is 0 Å². The van der Waals surface area contributed by atoms with Crippen LogP contribution in [-0.4, -0.2) is 49.2 Å². The maximum Gasteiger partial charge on any atom is 1.00 e. The van der Waals surface area contributed by atoms with Crippen LogP contribution in [0.2, 0.25) is 0 Å². The molecule has 33 heavy (non-hydrogen) atoms. The van der Waals surface area contributed by atoms with E-state index in [4.69, 9.17) is 10.4 Å². The molecule has 1 aliphatic heterocycles. The molecule has 0 aromatic carbocycles. The Bertz CT molecular complexity index is 744. The van der Waals surface area contributed by atoms with Crippen molar-refractivity contribution in [2.24, 2.45) is 15.9 Å². The second-order valence-corrected chi connectivity index (χ2v) is 8.90. The van der Waals surface area contributed by atoms with Crippen molar-refractivity contribution in [3.05, 3.63) is 35.6 Å². The Balaban J connectivity index is 0.00000332. The van der Waals surface area contributed by atoms with E-state index in [9.17, 15) is 0 Å². The number of hydrogen-bond donors (Lipinski definition) is 1. The van der Waals surface area contributed by atoms with Gasteiger partial charge in [0, 0.05) is 12.0 Å². The Morgan fingerprint density at radius 2 is 1.97 bits per heavy atom. The molecule has 2 fully saturated rings. The normalized spacial score (nSPS) is 22.2. The van der Waals surface area contributed by atoms with Gasteiger partial charge in [0.15, 0.2) is 0 Å². The molecule has 176 valence electrons. The smallest absolute Gasteiger partial charge is 0.401 e. The van der Waals surface area contributed by atoms with Gasteiger partial charge >= 0.3 is 29.6 Å². The van der Waals surface area contributed by atoms with E-state index in [-0.39, 0.29) is 29.6 Å². The van der Waals surface area contributed by atoms with Crippen LogP contribution in [0.1, 0.15) is 78.1 Å². The molecular formula is C28H43N4Na. The van der Waals surface area contributed by atoms with Gasteiger partial charge in [-0.1, -0.05) is 55.8 Å². The molecule has 1 N–H and O–H groups in total. The molecule has 1 heterocycles. The summed E-state index contributed by atoms with van der Waals surface area (Å²) in [6, 6.07) is 0.634. The van der Waals surface area contributed by atoms with Gasteiger partial charge in [0.2, 0.25) is 0 Å². The van der Waals surface area contributed by atoms with Crippen LogP contribution in [0.25, 0.3) is 0 Å². The predicted molar refractivity (Wildman–Crippen MR) is 141 cm³/mol. The zero-order valence-corrected chi connectivity index (χ0v) is 23.6. The summed E-state index contributed by atoms with van der Waals surface area (Å²) in [6.07, 6.45) is 24.0. The Hall–Kier alpha value is -1.25. The minimum absolute atomic E-state index is 0. The van der Waals surface area contributed by atoms with Gasteiger partial charge in [0.1, 0.15) is 0 Å². The Morgan fingerprint density at radius 3 is 2.55 bits per heavy atom. The van der Waals surface area contributed by atoms with Crippen LogP contribution < -0.4 is 29.6 Å². The summed E-state index contributed by atoms with van der Waals surface area (Å²) in [6.45, 7) is 13.9. The predicted octanol–water partition coefficient (Wildman–Crippen LogP) is 3.46. The molecule has 0 aromatic rings. The average Bonchev–Trinajstić information content (AvgIpc) is 3.22. The van der Waals surface area contributed by atoms with Crippen molar-refractivity contribution in [1.29, 1.82) is 5.41 Å². The Morgan fingerprint density at radius 1 is 1.24 bits per heavy atom. The second kappa shape index (κ2) is 18.1. The molecule has 2 aliphatic rings. The number of nitrogens with one attached hydrogen (secondary N) is 1. The number of hydrogen-bond acceptors (Lipinski definition) is 4. The van der Waals surface area contributed by atoms with Gasteiger partial charge < -0.3 is 20.3 Å². The Labute approximate surface area is 225 Å². The molecule has 1 aliphatic carbocycles. The van der Waals surface area contributed by atoms with E-state index in [1.807, 2.05) is 6.08 Å². The van der Waals surface area contributed by atoms with Gasteiger partial charge in [-0.05, 0) is 71.0 Å². The van der Waals surface area contributed by atoms with E-state index in [2.05, 4.69) is 63.1 Å². The summed E-state index contributed by atoms with van der Waals surface area (Å²) >= 11 is 0. The van der Waals surface area contributed by atoms with Crippen molar-refractivity contribution in [3.63, 3.8) is 0 Å².